The molecule has 4 atom stereocenters. The van der Waals surface area contributed by atoms with Crippen molar-refractivity contribution in [1.29, 1.82) is 0 Å². The molecule has 0 radical (unpaired) electrons. The van der Waals surface area contributed by atoms with Crippen LogP contribution in [-0.2, 0) is 27.4 Å². The highest BCUT2D eigenvalue weighted by atomic mass is 19.1. The predicted octanol–water partition coefficient (Wildman–Crippen LogP) is 1.63. The Labute approximate surface area is 180 Å². The highest BCUT2D eigenvalue weighted by Gasteiger charge is 2.38. The van der Waals surface area contributed by atoms with Gasteiger partial charge in [0.05, 0.1) is 43.6 Å². The number of benzene rings is 1. The van der Waals surface area contributed by atoms with Gasteiger partial charge in [0.1, 0.15) is 12.1 Å². The number of rotatable bonds is 6. The quantitative estimate of drug-likeness (QED) is 0.715. The summed E-state index contributed by atoms with van der Waals surface area (Å²) in [6, 6.07) is 6.23. The monoisotopic (exact) mass is 433 g/mol. The number of aromatic nitrogens is 1. The number of halogens is 1. The van der Waals surface area contributed by atoms with Gasteiger partial charge in [0, 0.05) is 25.7 Å². The van der Waals surface area contributed by atoms with Gasteiger partial charge in [-0.25, -0.2) is 9.37 Å². The lowest BCUT2D eigenvalue weighted by Gasteiger charge is -2.44. The van der Waals surface area contributed by atoms with E-state index in [0.29, 0.717) is 25.3 Å². The van der Waals surface area contributed by atoms with Gasteiger partial charge in [0.25, 0.3) is 0 Å². The van der Waals surface area contributed by atoms with Crippen molar-refractivity contribution in [1.82, 2.24) is 15.2 Å². The van der Waals surface area contributed by atoms with Crippen molar-refractivity contribution in [2.75, 3.05) is 19.8 Å². The summed E-state index contributed by atoms with van der Waals surface area (Å²) < 4.78 is 30.2. The third kappa shape index (κ3) is 6.10. The number of aliphatic hydroxyl groups is 1. The Kier molecular flexibility index (Phi) is 7.29. The van der Waals surface area contributed by atoms with Crippen molar-refractivity contribution >= 4 is 5.91 Å². The van der Waals surface area contributed by atoms with Crippen LogP contribution in [0.25, 0.3) is 0 Å². The van der Waals surface area contributed by atoms with Crippen molar-refractivity contribution in [3.63, 3.8) is 0 Å². The lowest BCUT2D eigenvalue weighted by atomic mass is 9.94. The first-order chi connectivity index (χ1) is 15.1. The van der Waals surface area contributed by atoms with Crippen LogP contribution in [0, 0.1) is 5.82 Å². The number of hydrogen-bond donors (Lipinski definition) is 2. The molecule has 0 saturated carbocycles. The summed E-state index contributed by atoms with van der Waals surface area (Å²) in [4.78, 5) is 18.7. The lowest BCUT2D eigenvalue weighted by molar-refractivity contribution is -0.158. The van der Waals surface area contributed by atoms with E-state index in [0.717, 1.165) is 18.5 Å². The van der Waals surface area contributed by atoms with E-state index in [4.69, 9.17) is 13.9 Å². The topological polar surface area (TPSA) is 97.1 Å². The third-order valence-electron chi connectivity index (χ3n) is 5.73. The molecule has 31 heavy (non-hydrogen) atoms. The molecule has 2 aliphatic heterocycles. The Bertz CT molecular complexity index is 849. The van der Waals surface area contributed by atoms with Crippen LogP contribution < -0.4 is 5.32 Å². The normalized spacial score (nSPS) is 27.2. The third-order valence-corrected chi connectivity index (χ3v) is 5.73. The average Bonchev–Trinajstić information content (AvgIpc) is 3.24. The molecular formula is C22H28FN3O5. The van der Waals surface area contributed by atoms with Crippen LogP contribution >= 0.6 is 0 Å². The lowest BCUT2D eigenvalue weighted by Crippen LogP contribution is -2.55. The first-order valence-electron chi connectivity index (χ1n) is 10.6. The Morgan fingerprint density at radius 1 is 1.32 bits per heavy atom. The molecule has 2 saturated heterocycles. The van der Waals surface area contributed by atoms with Crippen molar-refractivity contribution in [3.8, 4) is 0 Å². The largest absolute Gasteiger partial charge is 0.451 e. The summed E-state index contributed by atoms with van der Waals surface area (Å²) in [5, 5.41) is 13.1. The summed E-state index contributed by atoms with van der Waals surface area (Å²) in [6.45, 7) is 1.88. The summed E-state index contributed by atoms with van der Waals surface area (Å²) >= 11 is 0. The second kappa shape index (κ2) is 10.3. The number of oxazole rings is 1. The zero-order valence-corrected chi connectivity index (χ0v) is 17.3. The molecule has 2 fully saturated rings. The maximum Gasteiger partial charge on any atom is 0.222 e. The molecule has 0 bridgehead atoms. The number of ether oxygens (including phenoxy) is 2. The minimum absolute atomic E-state index is 0.0539. The van der Waals surface area contributed by atoms with Crippen molar-refractivity contribution < 1.29 is 28.2 Å². The number of nitrogens with one attached hydrogen (secondary N) is 1. The predicted molar refractivity (Wildman–Crippen MR) is 108 cm³/mol. The van der Waals surface area contributed by atoms with E-state index in [1.54, 1.807) is 18.4 Å². The fraction of sp³-hybridized carbons (Fsp3) is 0.545. The van der Waals surface area contributed by atoms with Crippen LogP contribution in [0.4, 0.5) is 4.39 Å². The smallest absolute Gasteiger partial charge is 0.222 e. The van der Waals surface area contributed by atoms with Gasteiger partial charge in [-0.15, -0.1) is 0 Å². The minimum atomic E-state index is -0.584. The Morgan fingerprint density at radius 3 is 3.03 bits per heavy atom. The maximum absolute atomic E-state index is 13.3. The molecule has 8 nitrogen and oxygen atoms in total. The van der Waals surface area contributed by atoms with Gasteiger partial charge in [-0.05, 0) is 30.5 Å². The highest BCUT2D eigenvalue weighted by molar-refractivity contribution is 5.76. The number of hydrogen-bond acceptors (Lipinski definition) is 7. The molecule has 0 spiro atoms. The van der Waals surface area contributed by atoms with Crippen LogP contribution in [0.15, 0.2) is 41.3 Å². The number of amides is 1. The van der Waals surface area contributed by atoms with E-state index >= 15 is 0 Å². The summed E-state index contributed by atoms with van der Waals surface area (Å²) in [7, 11) is 0. The van der Waals surface area contributed by atoms with Crippen LogP contribution in [0.5, 0.6) is 0 Å². The Hall–Kier alpha value is -2.33. The minimum Gasteiger partial charge on any atom is -0.451 e. The molecule has 0 aliphatic carbocycles. The molecule has 4 rings (SSSR count). The van der Waals surface area contributed by atoms with E-state index in [2.05, 4.69) is 15.2 Å². The Morgan fingerprint density at radius 2 is 2.23 bits per heavy atom. The molecular weight excluding hydrogens is 405 g/mol. The number of fused-ring (bicyclic) bond motifs is 1. The molecule has 2 aliphatic rings. The fourth-order valence-electron chi connectivity index (χ4n) is 4.28. The van der Waals surface area contributed by atoms with E-state index < -0.39 is 6.10 Å². The van der Waals surface area contributed by atoms with Gasteiger partial charge >= 0.3 is 0 Å². The van der Waals surface area contributed by atoms with Crippen LogP contribution in [0.2, 0.25) is 0 Å². The van der Waals surface area contributed by atoms with E-state index in [1.165, 1.54) is 18.5 Å². The first kappa shape index (κ1) is 21.9. The number of nitrogens with zero attached hydrogens (tertiary/aromatic N) is 2. The van der Waals surface area contributed by atoms with Crippen molar-refractivity contribution in [3.05, 3.63) is 54.0 Å². The molecule has 2 N–H and O–H groups in total. The van der Waals surface area contributed by atoms with Crippen LogP contribution in [0.3, 0.4) is 0 Å². The van der Waals surface area contributed by atoms with Gasteiger partial charge in [0.2, 0.25) is 5.91 Å². The summed E-state index contributed by atoms with van der Waals surface area (Å²) in [5.41, 5.74) is 1.51. The van der Waals surface area contributed by atoms with Crippen LogP contribution in [-0.4, -0.2) is 65.0 Å². The molecule has 0 unspecified atom stereocenters. The Balaban J connectivity index is 1.32. The van der Waals surface area contributed by atoms with Crippen molar-refractivity contribution in [2.45, 2.75) is 56.7 Å². The number of aliphatic hydroxyl groups excluding tert-OH is 1. The van der Waals surface area contributed by atoms with Gasteiger partial charge < -0.3 is 24.3 Å². The van der Waals surface area contributed by atoms with Gasteiger partial charge in [0.15, 0.2) is 6.39 Å². The molecule has 168 valence electrons. The summed E-state index contributed by atoms with van der Waals surface area (Å²) in [5.74, 6) is -0.452. The standard InChI is InChI=1S/C22H28FN3O5/c23-16-3-1-2-15(6-16)8-24-22(28)7-19-4-5-20-21(31-19)13-29-12-18(27)10-26(20)9-17-11-30-14-25-17/h1-3,6,11,14,18-21,27H,4-5,7-10,12-13H2,(H,24,28)/t18-,19-,20-,21+/m1/s1. The van der Waals surface area contributed by atoms with Gasteiger partial charge in [-0.1, -0.05) is 12.1 Å². The average molecular weight is 433 g/mol. The van der Waals surface area contributed by atoms with Gasteiger partial charge in [-0.3, -0.25) is 9.69 Å². The summed E-state index contributed by atoms with van der Waals surface area (Å²) in [6.07, 6.45) is 3.78. The number of carbonyl (C=O) groups is 1. The fourth-order valence-corrected chi connectivity index (χ4v) is 4.28. The van der Waals surface area contributed by atoms with E-state index in [-0.39, 0.29) is 49.5 Å². The molecule has 1 aromatic carbocycles. The molecule has 1 amide bonds. The molecule has 9 heteroatoms. The number of β-amino-alcohol motifs (C(OH)–C–C–N with tert-alkyl or cyclic N) is 1. The van der Waals surface area contributed by atoms with Crippen molar-refractivity contribution in [2.24, 2.45) is 0 Å². The molecule has 3 heterocycles. The molecule has 2 aromatic rings. The second-order valence-electron chi connectivity index (χ2n) is 8.15. The highest BCUT2D eigenvalue weighted by Crippen LogP contribution is 2.28. The zero-order valence-electron chi connectivity index (χ0n) is 17.3. The SMILES string of the molecule is O=C(C[C@H]1CC[C@@H]2[C@H](COC[C@H](O)CN2Cc2cocn2)O1)NCc1cccc(F)c1. The zero-order chi connectivity index (χ0) is 21.6. The van der Waals surface area contributed by atoms with Gasteiger partial charge in [-0.2, -0.15) is 0 Å². The first-order valence-corrected chi connectivity index (χ1v) is 10.6. The second-order valence-corrected chi connectivity index (χ2v) is 8.15. The van der Waals surface area contributed by atoms with Crippen LogP contribution in [0.1, 0.15) is 30.5 Å². The number of carbonyl (C=O) groups excluding carboxylic acids is 1. The van der Waals surface area contributed by atoms with E-state index in [9.17, 15) is 14.3 Å². The van der Waals surface area contributed by atoms with E-state index in [1.807, 2.05) is 0 Å². The molecule has 1 aromatic heterocycles. The maximum atomic E-state index is 13.3.